The maximum absolute atomic E-state index is 11.1. The van der Waals surface area contributed by atoms with Gasteiger partial charge in [0.2, 0.25) is 5.58 Å². The lowest BCUT2D eigenvalue weighted by Gasteiger charge is -2.04. The van der Waals surface area contributed by atoms with E-state index in [0.717, 1.165) is 23.9 Å². The number of rotatable bonds is 4. The number of carboxylic acids is 1. The number of hydrogen-bond acceptors (Lipinski definition) is 4. The minimum absolute atomic E-state index is 0.205. The smallest absolute Gasteiger partial charge is 0.335 e. The van der Waals surface area contributed by atoms with Gasteiger partial charge in [0.25, 0.3) is 0 Å². The van der Waals surface area contributed by atoms with Crippen LogP contribution in [0.4, 0.5) is 0 Å². The molecule has 1 N–H and O–H groups in total. The number of nitrogens with zero attached hydrogens (tertiary/aromatic N) is 1. The van der Waals surface area contributed by atoms with E-state index in [1.165, 1.54) is 6.07 Å². The quantitative estimate of drug-likeness (QED) is 0.899. The molecule has 0 radical (unpaired) electrons. The van der Waals surface area contributed by atoms with Gasteiger partial charge in [0.1, 0.15) is 0 Å². The summed E-state index contributed by atoms with van der Waals surface area (Å²) in [4.78, 5) is 11.1. The molecule has 0 amide bonds. The van der Waals surface area contributed by atoms with E-state index >= 15 is 0 Å². The summed E-state index contributed by atoms with van der Waals surface area (Å²) in [5.74, 6) is -0.114. The van der Waals surface area contributed by atoms with E-state index in [-0.39, 0.29) is 5.56 Å². The van der Waals surface area contributed by atoms with Crippen molar-refractivity contribution in [3.8, 4) is 5.75 Å². The number of ether oxygens (including phenoxy) is 1. The second-order valence-electron chi connectivity index (χ2n) is 4.43. The number of fused-ring (bicyclic) bond motifs is 1. The first-order chi connectivity index (χ1) is 8.70. The lowest BCUT2D eigenvalue weighted by atomic mass is 10.1. The van der Waals surface area contributed by atoms with Crippen molar-refractivity contribution < 1.29 is 19.2 Å². The maximum Gasteiger partial charge on any atom is 0.335 e. The molecule has 1 aliphatic rings. The second-order valence-corrected chi connectivity index (χ2v) is 4.43. The normalized spacial score (nSPS) is 14.9. The Bertz CT molecular complexity index is 613. The molecule has 1 heterocycles. The topological polar surface area (TPSA) is 72.6 Å². The van der Waals surface area contributed by atoms with Crippen molar-refractivity contribution in [2.45, 2.75) is 25.7 Å². The van der Waals surface area contributed by atoms with Gasteiger partial charge < -0.3 is 14.4 Å². The average molecular weight is 247 g/mol. The molecule has 0 saturated heterocycles. The fraction of sp³-hybridized carbons (Fsp3) is 0.385. The van der Waals surface area contributed by atoms with Gasteiger partial charge in [0, 0.05) is 11.3 Å². The molecule has 1 saturated carbocycles. The molecule has 1 aliphatic carbocycles. The van der Waals surface area contributed by atoms with Crippen LogP contribution in [0.3, 0.4) is 0 Å². The molecule has 0 bridgehead atoms. The minimum atomic E-state index is -0.971. The number of carbonyl (C=O) groups is 1. The highest BCUT2D eigenvalue weighted by molar-refractivity contribution is 5.96. The molecular weight excluding hydrogens is 234 g/mol. The zero-order chi connectivity index (χ0) is 12.7. The molecule has 0 spiro atoms. The summed E-state index contributed by atoms with van der Waals surface area (Å²) < 4.78 is 10.7. The van der Waals surface area contributed by atoms with Crippen LogP contribution < -0.4 is 4.74 Å². The number of aromatic nitrogens is 1. The van der Waals surface area contributed by atoms with Crippen LogP contribution in [0.1, 0.15) is 41.7 Å². The Morgan fingerprint density at radius 1 is 1.56 bits per heavy atom. The Kier molecular flexibility index (Phi) is 2.47. The maximum atomic E-state index is 11.1. The molecule has 1 aromatic heterocycles. The van der Waals surface area contributed by atoms with Crippen molar-refractivity contribution in [1.29, 1.82) is 0 Å². The largest absolute Gasteiger partial charge is 0.490 e. The van der Waals surface area contributed by atoms with Gasteiger partial charge in [-0.05, 0) is 31.9 Å². The standard InChI is InChI=1S/C13H13NO4/c1-2-17-10-6-8(13(15)16)5-9-11(7-3-4-7)14-18-12(9)10/h5-7H,2-4H2,1H3,(H,15,16). The summed E-state index contributed by atoms with van der Waals surface area (Å²) in [5, 5.41) is 13.9. The summed E-state index contributed by atoms with van der Waals surface area (Å²) in [7, 11) is 0. The van der Waals surface area contributed by atoms with Gasteiger partial charge in [0.05, 0.1) is 17.9 Å². The average Bonchev–Trinajstić information content (AvgIpc) is 3.09. The van der Waals surface area contributed by atoms with E-state index in [9.17, 15) is 4.79 Å². The predicted molar refractivity (Wildman–Crippen MR) is 64.1 cm³/mol. The van der Waals surface area contributed by atoms with Crippen molar-refractivity contribution in [2.75, 3.05) is 6.61 Å². The third kappa shape index (κ3) is 1.72. The first-order valence-electron chi connectivity index (χ1n) is 6.00. The molecule has 3 rings (SSSR count). The molecule has 5 nitrogen and oxygen atoms in total. The number of aromatic carboxylic acids is 1. The van der Waals surface area contributed by atoms with Crippen LogP contribution in [0.25, 0.3) is 11.0 Å². The van der Waals surface area contributed by atoms with E-state index < -0.39 is 5.97 Å². The lowest BCUT2D eigenvalue weighted by Crippen LogP contribution is -1.99. The van der Waals surface area contributed by atoms with Gasteiger partial charge in [-0.25, -0.2) is 4.79 Å². The van der Waals surface area contributed by atoms with Crippen LogP contribution in [0.2, 0.25) is 0 Å². The zero-order valence-corrected chi connectivity index (χ0v) is 9.97. The molecular formula is C13H13NO4. The van der Waals surface area contributed by atoms with Crippen LogP contribution >= 0.6 is 0 Å². The summed E-state index contributed by atoms with van der Waals surface area (Å²) in [5.41, 5.74) is 1.61. The van der Waals surface area contributed by atoms with Crippen molar-refractivity contribution in [3.05, 3.63) is 23.4 Å². The third-order valence-electron chi connectivity index (χ3n) is 3.08. The Balaban J connectivity index is 2.21. The monoisotopic (exact) mass is 247 g/mol. The Morgan fingerprint density at radius 2 is 2.33 bits per heavy atom. The predicted octanol–water partition coefficient (Wildman–Crippen LogP) is 2.80. The molecule has 0 aliphatic heterocycles. The van der Waals surface area contributed by atoms with Gasteiger partial charge in [-0.3, -0.25) is 0 Å². The van der Waals surface area contributed by atoms with Crippen molar-refractivity contribution in [3.63, 3.8) is 0 Å². The van der Waals surface area contributed by atoms with Gasteiger partial charge in [0.15, 0.2) is 5.75 Å². The Hall–Kier alpha value is -2.04. The first kappa shape index (κ1) is 11.1. The minimum Gasteiger partial charge on any atom is -0.490 e. The van der Waals surface area contributed by atoms with E-state index in [1.54, 1.807) is 6.07 Å². The van der Waals surface area contributed by atoms with Crippen LogP contribution in [0.15, 0.2) is 16.7 Å². The summed E-state index contributed by atoms with van der Waals surface area (Å²) >= 11 is 0. The number of benzene rings is 1. The van der Waals surface area contributed by atoms with E-state index in [4.69, 9.17) is 14.4 Å². The fourth-order valence-corrected chi connectivity index (χ4v) is 2.07. The van der Waals surface area contributed by atoms with Crippen molar-refractivity contribution in [1.82, 2.24) is 5.16 Å². The molecule has 94 valence electrons. The molecule has 18 heavy (non-hydrogen) atoms. The van der Waals surface area contributed by atoms with Crippen molar-refractivity contribution in [2.24, 2.45) is 0 Å². The summed E-state index contributed by atoms with van der Waals surface area (Å²) in [6.45, 7) is 2.30. The van der Waals surface area contributed by atoms with Crippen LogP contribution in [-0.2, 0) is 0 Å². The fourth-order valence-electron chi connectivity index (χ4n) is 2.07. The third-order valence-corrected chi connectivity index (χ3v) is 3.08. The van der Waals surface area contributed by atoms with Crippen molar-refractivity contribution >= 4 is 16.9 Å². The number of hydrogen-bond donors (Lipinski definition) is 1. The first-order valence-corrected chi connectivity index (χ1v) is 6.00. The van der Waals surface area contributed by atoms with Crippen LogP contribution in [-0.4, -0.2) is 22.8 Å². The molecule has 0 atom stereocenters. The highest BCUT2D eigenvalue weighted by Gasteiger charge is 2.30. The Labute approximate surface area is 103 Å². The van der Waals surface area contributed by atoms with Crippen LogP contribution in [0.5, 0.6) is 5.75 Å². The molecule has 5 heteroatoms. The van der Waals surface area contributed by atoms with Crippen LogP contribution in [0, 0.1) is 0 Å². The second kappa shape index (κ2) is 4.01. The molecule has 1 aromatic carbocycles. The zero-order valence-electron chi connectivity index (χ0n) is 9.97. The lowest BCUT2D eigenvalue weighted by molar-refractivity contribution is 0.0696. The van der Waals surface area contributed by atoms with E-state index in [2.05, 4.69) is 5.16 Å². The highest BCUT2D eigenvalue weighted by atomic mass is 16.5. The molecule has 2 aromatic rings. The molecule has 0 unspecified atom stereocenters. The van der Waals surface area contributed by atoms with Gasteiger partial charge in [-0.1, -0.05) is 5.16 Å². The van der Waals surface area contributed by atoms with E-state index in [1.807, 2.05) is 6.92 Å². The van der Waals surface area contributed by atoms with Gasteiger partial charge >= 0.3 is 5.97 Å². The van der Waals surface area contributed by atoms with Gasteiger partial charge in [-0.15, -0.1) is 0 Å². The Morgan fingerprint density at radius 3 is 2.94 bits per heavy atom. The summed E-state index contributed by atoms with van der Waals surface area (Å²) in [6, 6.07) is 3.10. The van der Waals surface area contributed by atoms with E-state index in [0.29, 0.717) is 23.9 Å². The summed E-state index contributed by atoms with van der Waals surface area (Å²) in [6.07, 6.45) is 2.17. The molecule has 1 fully saturated rings. The highest BCUT2D eigenvalue weighted by Crippen LogP contribution is 2.44. The SMILES string of the molecule is CCOc1cc(C(=O)O)cc2c(C3CC3)noc12. The van der Waals surface area contributed by atoms with Gasteiger partial charge in [-0.2, -0.15) is 0 Å². The number of carboxylic acid groups (broad SMARTS) is 1.